The molecular weight excluding hydrogens is 212 g/mol. The van der Waals surface area contributed by atoms with Gasteiger partial charge in [-0.3, -0.25) is 4.79 Å². The highest BCUT2D eigenvalue weighted by atomic mass is 16.2. The van der Waals surface area contributed by atoms with Crippen molar-refractivity contribution < 1.29 is 4.79 Å². The van der Waals surface area contributed by atoms with E-state index in [1.165, 1.54) is 5.56 Å². The normalized spacial score (nSPS) is 12.5. The summed E-state index contributed by atoms with van der Waals surface area (Å²) in [5.41, 5.74) is 8.25. The fourth-order valence-corrected chi connectivity index (χ4v) is 1.73. The average Bonchev–Trinajstić information content (AvgIpc) is 2.29. The van der Waals surface area contributed by atoms with Crippen molar-refractivity contribution in [1.82, 2.24) is 5.32 Å². The Hall–Kier alpha value is -1.35. The molecular formula is C14H22N2O. The summed E-state index contributed by atoms with van der Waals surface area (Å²) in [5, 5.41) is 2.74. The van der Waals surface area contributed by atoms with Gasteiger partial charge in [0.05, 0.1) is 6.04 Å². The fourth-order valence-electron chi connectivity index (χ4n) is 1.73. The van der Waals surface area contributed by atoms with Crippen LogP contribution in [0.2, 0.25) is 0 Å². The van der Waals surface area contributed by atoms with Crippen molar-refractivity contribution in [2.75, 3.05) is 6.54 Å². The minimum absolute atomic E-state index is 0.0811. The Morgan fingerprint density at radius 2 is 2.12 bits per heavy atom. The van der Waals surface area contributed by atoms with Gasteiger partial charge in [-0.1, -0.05) is 38.1 Å². The summed E-state index contributed by atoms with van der Waals surface area (Å²) in [4.78, 5) is 11.5. The van der Waals surface area contributed by atoms with Gasteiger partial charge in [-0.05, 0) is 30.4 Å². The number of hydrogen-bond donors (Lipinski definition) is 2. The van der Waals surface area contributed by atoms with Gasteiger partial charge in [0.15, 0.2) is 0 Å². The number of benzene rings is 1. The Morgan fingerprint density at radius 1 is 1.41 bits per heavy atom. The molecule has 0 radical (unpaired) electrons. The Balaban J connectivity index is 2.68. The quantitative estimate of drug-likeness (QED) is 0.816. The van der Waals surface area contributed by atoms with Crippen LogP contribution in [0.15, 0.2) is 24.3 Å². The van der Waals surface area contributed by atoms with Crippen LogP contribution in [0.4, 0.5) is 0 Å². The van der Waals surface area contributed by atoms with Gasteiger partial charge in [-0.25, -0.2) is 0 Å². The van der Waals surface area contributed by atoms with Crippen molar-refractivity contribution in [2.24, 2.45) is 5.73 Å². The fraction of sp³-hybridized carbons (Fsp3) is 0.500. The summed E-state index contributed by atoms with van der Waals surface area (Å²) >= 11 is 0. The second kappa shape index (κ2) is 6.40. The first kappa shape index (κ1) is 13.7. The molecule has 3 nitrogen and oxygen atoms in total. The first-order chi connectivity index (χ1) is 8.04. The predicted molar refractivity (Wildman–Crippen MR) is 70.9 cm³/mol. The molecule has 1 rings (SSSR count). The lowest BCUT2D eigenvalue weighted by molar-refractivity contribution is -0.122. The van der Waals surface area contributed by atoms with Crippen LogP contribution in [-0.4, -0.2) is 18.5 Å². The lowest BCUT2D eigenvalue weighted by Gasteiger charge is -2.13. The van der Waals surface area contributed by atoms with Crippen molar-refractivity contribution in [3.63, 3.8) is 0 Å². The molecule has 1 amide bonds. The second-order valence-electron chi connectivity index (χ2n) is 4.60. The number of nitrogens with two attached hydrogens (primary N) is 1. The van der Waals surface area contributed by atoms with Crippen molar-refractivity contribution in [1.29, 1.82) is 0 Å². The highest BCUT2D eigenvalue weighted by molar-refractivity contribution is 5.81. The first-order valence-electron chi connectivity index (χ1n) is 6.16. The van der Waals surface area contributed by atoms with E-state index in [2.05, 4.69) is 31.3 Å². The van der Waals surface area contributed by atoms with E-state index in [1.54, 1.807) is 0 Å². The molecule has 0 bridgehead atoms. The third-order valence-electron chi connectivity index (χ3n) is 2.76. The molecule has 0 saturated carbocycles. The van der Waals surface area contributed by atoms with Crippen LogP contribution in [-0.2, 0) is 11.2 Å². The third kappa shape index (κ3) is 4.19. The van der Waals surface area contributed by atoms with Gasteiger partial charge in [0.25, 0.3) is 0 Å². The van der Waals surface area contributed by atoms with Gasteiger partial charge in [0.2, 0.25) is 5.91 Å². The summed E-state index contributed by atoms with van der Waals surface area (Å²) in [5.74, 6) is 0.415. The molecule has 0 spiro atoms. The highest BCUT2D eigenvalue weighted by Crippen LogP contribution is 2.16. The zero-order chi connectivity index (χ0) is 12.8. The molecule has 0 aromatic heterocycles. The molecule has 0 aliphatic carbocycles. The molecule has 3 heteroatoms. The highest BCUT2D eigenvalue weighted by Gasteiger charge is 2.13. The van der Waals surface area contributed by atoms with E-state index in [4.69, 9.17) is 5.73 Å². The van der Waals surface area contributed by atoms with E-state index in [9.17, 15) is 4.79 Å². The summed E-state index contributed by atoms with van der Waals surface area (Å²) in [7, 11) is 0. The maximum atomic E-state index is 11.5. The van der Waals surface area contributed by atoms with Crippen molar-refractivity contribution in [2.45, 2.75) is 39.2 Å². The van der Waals surface area contributed by atoms with Gasteiger partial charge in [0.1, 0.15) is 0 Å². The average molecular weight is 234 g/mol. The molecule has 0 aliphatic heterocycles. The second-order valence-corrected chi connectivity index (χ2v) is 4.60. The molecule has 94 valence electrons. The lowest BCUT2D eigenvalue weighted by atomic mass is 9.98. The van der Waals surface area contributed by atoms with Gasteiger partial charge >= 0.3 is 0 Å². The Kier molecular flexibility index (Phi) is 5.16. The Bertz CT molecular complexity index is 374. The number of nitrogens with one attached hydrogen (secondary N) is 1. The van der Waals surface area contributed by atoms with E-state index >= 15 is 0 Å². The molecule has 0 heterocycles. The first-order valence-corrected chi connectivity index (χ1v) is 6.16. The molecule has 0 aliphatic rings. The molecule has 17 heavy (non-hydrogen) atoms. The smallest absolute Gasteiger partial charge is 0.237 e. The topological polar surface area (TPSA) is 55.1 Å². The Labute approximate surface area is 103 Å². The largest absolute Gasteiger partial charge is 0.355 e. The number of carbonyl (C=O) groups excluding carboxylic acids is 1. The van der Waals surface area contributed by atoms with Crippen LogP contribution in [0.1, 0.15) is 37.8 Å². The van der Waals surface area contributed by atoms with Gasteiger partial charge in [-0.15, -0.1) is 0 Å². The molecule has 1 aromatic rings. The van der Waals surface area contributed by atoms with E-state index in [-0.39, 0.29) is 5.91 Å². The standard InChI is InChI=1S/C14H22N2O/c1-4-16-14(17)13(15)9-11-6-5-7-12(8-11)10(2)3/h5-8,10,13H,4,9,15H2,1-3H3,(H,16,17). The zero-order valence-electron chi connectivity index (χ0n) is 10.9. The van der Waals surface area contributed by atoms with Crippen LogP contribution >= 0.6 is 0 Å². The summed E-state index contributed by atoms with van der Waals surface area (Å²) in [6.45, 7) is 6.83. The molecule has 0 fully saturated rings. The Morgan fingerprint density at radius 3 is 2.71 bits per heavy atom. The van der Waals surface area contributed by atoms with E-state index in [0.717, 1.165) is 5.56 Å². The lowest BCUT2D eigenvalue weighted by Crippen LogP contribution is -2.41. The summed E-state index contributed by atoms with van der Waals surface area (Å²) < 4.78 is 0. The molecule has 3 N–H and O–H groups in total. The molecule has 1 unspecified atom stereocenters. The van der Waals surface area contributed by atoms with E-state index in [1.807, 2.05) is 19.1 Å². The predicted octanol–water partition coefficient (Wildman–Crippen LogP) is 1.82. The van der Waals surface area contributed by atoms with E-state index < -0.39 is 6.04 Å². The van der Waals surface area contributed by atoms with Crippen molar-refractivity contribution in [3.8, 4) is 0 Å². The molecule has 0 saturated heterocycles. The number of carbonyl (C=O) groups is 1. The number of hydrogen-bond acceptors (Lipinski definition) is 2. The van der Waals surface area contributed by atoms with Crippen LogP contribution in [0.3, 0.4) is 0 Å². The minimum Gasteiger partial charge on any atom is -0.355 e. The SMILES string of the molecule is CCNC(=O)C(N)Cc1cccc(C(C)C)c1. The van der Waals surface area contributed by atoms with Crippen LogP contribution in [0, 0.1) is 0 Å². The molecule has 1 atom stereocenters. The summed E-state index contributed by atoms with van der Waals surface area (Å²) in [6, 6.07) is 7.81. The van der Waals surface area contributed by atoms with E-state index in [0.29, 0.717) is 18.9 Å². The third-order valence-corrected chi connectivity index (χ3v) is 2.76. The number of rotatable bonds is 5. The number of likely N-dealkylation sites (N-methyl/N-ethyl adjacent to an activating group) is 1. The monoisotopic (exact) mass is 234 g/mol. The van der Waals surface area contributed by atoms with Gasteiger partial charge < -0.3 is 11.1 Å². The maximum absolute atomic E-state index is 11.5. The minimum atomic E-state index is -0.461. The summed E-state index contributed by atoms with van der Waals surface area (Å²) in [6.07, 6.45) is 0.590. The molecule has 1 aromatic carbocycles. The number of amides is 1. The van der Waals surface area contributed by atoms with Gasteiger partial charge in [-0.2, -0.15) is 0 Å². The van der Waals surface area contributed by atoms with Crippen molar-refractivity contribution in [3.05, 3.63) is 35.4 Å². The van der Waals surface area contributed by atoms with Gasteiger partial charge in [0, 0.05) is 6.54 Å². The van der Waals surface area contributed by atoms with Crippen molar-refractivity contribution >= 4 is 5.91 Å². The maximum Gasteiger partial charge on any atom is 0.237 e. The van der Waals surface area contributed by atoms with Crippen LogP contribution in [0.25, 0.3) is 0 Å². The zero-order valence-corrected chi connectivity index (χ0v) is 10.9. The van der Waals surface area contributed by atoms with Crippen LogP contribution in [0.5, 0.6) is 0 Å². The van der Waals surface area contributed by atoms with Crippen LogP contribution < -0.4 is 11.1 Å².